The van der Waals surface area contributed by atoms with E-state index >= 15 is 0 Å². The fraction of sp³-hybridized carbons (Fsp3) is 0.538. The van der Waals surface area contributed by atoms with Crippen molar-refractivity contribution in [1.29, 1.82) is 0 Å². The van der Waals surface area contributed by atoms with Gasteiger partial charge in [-0.25, -0.2) is 0 Å². The van der Waals surface area contributed by atoms with Gasteiger partial charge < -0.3 is 10.5 Å². The number of ether oxygens (including phenoxy) is 1. The van der Waals surface area contributed by atoms with Crippen molar-refractivity contribution in [3.63, 3.8) is 0 Å². The molecule has 0 bridgehead atoms. The molecular formula is C13H17ClF2N2O. The van der Waals surface area contributed by atoms with E-state index in [9.17, 15) is 8.78 Å². The topological polar surface area (TPSA) is 38.5 Å². The maximum atomic E-state index is 12.4. The monoisotopic (exact) mass is 290 g/mol. The second-order valence-corrected chi connectivity index (χ2v) is 5.07. The first kappa shape index (κ1) is 14.5. The van der Waals surface area contributed by atoms with Gasteiger partial charge in [-0.3, -0.25) is 4.90 Å². The molecule has 0 saturated carbocycles. The number of hydrogen-bond donors (Lipinski definition) is 1. The van der Waals surface area contributed by atoms with E-state index in [4.69, 9.17) is 17.3 Å². The number of likely N-dealkylation sites (tertiary alicyclic amines) is 1. The molecule has 0 spiro atoms. The molecule has 0 aliphatic carbocycles. The van der Waals surface area contributed by atoms with Gasteiger partial charge in [-0.2, -0.15) is 8.78 Å². The molecular weight excluding hydrogens is 274 g/mol. The summed E-state index contributed by atoms with van der Waals surface area (Å²) in [6.45, 7) is -0.803. The minimum atomic E-state index is -2.83. The lowest BCUT2D eigenvalue weighted by molar-refractivity contribution is -0.0508. The highest BCUT2D eigenvalue weighted by Crippen LogP contribution is 2.28. The Morgan fingerprint density at radius 3 is 2.95 bits per heavy atom. The van der Waals surface area contributed by atoms with Crippen LogP contribution in [0.3, 0.4) is 0 Å². The van der Waals surface area contributed by atoms with Crippen LogP contribution in [0.25, 0.3) is 0 Å². The maximum Gasteiger partial charge on any atom is 0.387 e. The molecule has 6 heteroatoms. The van der Waals surface area contributed by atoms with Gasteiger partial charge in [0.15, 0.2) is 0 Å². The molecule has 1 heterocycles. The zero-order valence-electron chi connectivity index (χ0n) is 10.5. The van der Waals surface area contributed by atoms with Crippen LogP contribution >= 0.6 is 11.6 Å². The minimum Gasteiger partial charge on any atom is -0.434 e. The Bertz CT molecular complexity index is 431. The highest BCUT2D eigenvalue weighted by atomic mass is 35.5. The number of benzene rings is 1. The molecule has 1 aromatic rings. The third-order valence-electron chi connectivity index (χ3n) is 3.38. The van der Waals surface area contributed by atoms with Crippen molar-refractivity contribution in [2.75, 3.05) is 13.1 Å². The summed E-state index contributed by atoms with van der Waals surface area (Å²) < 4.78 is 29.3. The predicted octanol–water partition coefficient (Wildman–Crippen LogP) is 2.86. The standard InChI is InChI=1S/C13H17ClF2N2O/c14-10-3-4-12(19-13(15)16)9(6-10)8-18-5-1-2-11(18)7-17/h3-4,6,11,13H,1-2,5,7-8,17H2. The van der Waals surface area contributed by atoms with Crippen LogP contribution in [0, 0.1) is 0 Å². The quantitative estimate of drug-likeness (QED) is 0.906. The van der Waals surface area contributed by atoms with Gasteiger partial charge in [0, 0.05) is 29.7 Å². The van der Waals surface area contributed by atoms with Crippen molar-refractivity contribution in [2.24, 2.45) is 5.73 Å². The summed E-state index contributed by atoms with van der Waals surface area (Å²) in [7, 11) is 0. The molecule has 1 saturated heterocycles. The Balaban J connectivity index is 2.15. The van der Waals surface area contributed by atoms with Gasteiger partial charge in [-0.05, 0) is 37.6 Å². The third-order valence-corrected chi connectivity index (χ3v) is 3.62. The molecule has 19 heavy (non-hydrogen) atoms. The van der Waals surface area contributed by atoms with Crippen molar-refractivity contribution in [3.8, 4) is 5.75 Å². The Kier molecular flexibility index (Phi) is 4.96. The molecule has 3 nitrogen and oxygen atoms in total. The SMILES string of the molecule is NCC1CCCN1Cc1cc(Cl)ccc1OC(F)F. The Morgan fingerprint density at radius 1 is 1.47 bits per heavy atom. The van der Waals surface area contributed by atoms with E-state index in [0.29, 0.717) is 29.7 Å². The predicted molar refractivity (Wildman–Crippen MR) is 70.6 cm³/mol. The van der Waals surface area contributed by atoms with E-state index in [1.165, 1.54) is 6.07 Å². The van der Waals surface area contributed by atoms with Gasteiger partial charge in [0.25, 0.3) is 0 Å². The lowest BCUT2D eigenvalue weighted by Crippen LogP contribution is -2.35. The molecule has 1 aliphatic heterocycles. The molecule has 106 valence electrons. The molecule has 1 aliphatic rings. The lowest BCUT2D eigenvalue weighted by Gasteiger charge is -2.24. The van der Waals surface area contributed by atoms with Crippen molar-refractivity contribution >= 4 is 11.6 Å². The number of nitrogens with zero attached hydrogens (tertiary/aromatic N) is 1. The second kappa shape index (κ2) is 6.50. The molecule has 0 radical (unpaired) electrons. The molecule has 2 rings (SSSR count). The van der Waals surface area contributed by atoms with Crippen LogP contribution < -0.4 is 10.5 Å². The summed E-state index contributed by atoms with van der Waals surface area (Å²) in [5, 5.41) is 0.514. The van der Waals surface area contributed by atoms with Crippen LogP contribution in [0.2, 0.25) is 5.02 Å². The number of alkyl halides is 2. The fourth-order valence-corrected chi connectivity index (χ4v) is 2.67. The molecule has 2 N–H and O–H groups in total. The Hall–Kier alpha value is -0.910. The van der Waals surface area contributed by atoms with Gasteiger partial charge in [0.05, 0.1) is 0 Å². The first-order valence-corrected chi connectivity index (χ1v) is 6.65. The van der Waals surface area contributed by atoms with Crippen molar-refractivity contribution in [1.82, 2.24) is 4.90 Å². The third kappa shape index (κ3) is 3.78. The molecule has 0 aromatic heterocycles. The maximum absolute atomic E-state index is 12.4. The van der Waals surface area contributed by atoms with Gasteiger partial charge in [-0.15, -0.1) is 0 Å². The highest BCUT2D eigenvalue weighted by Gasteiger charge is 2.24. The number of hydrogen-bond acceptors (Lipinski definition) is 3. The average molecular weight is 291 g/mol. The van der Waals surface area contributed by atoms with Gasteiger partial charge in [0.2, 0.25) is 0 Å². The summed E-state index contributed by atoms with van der Waals surface area (Å²) >= 11 is 5.92. The number of rotatable bonds is 5. The normalized spacial score (nSPS) is 20.2. The van der Waals surface area contributed by atoms with E-state index in [1.807, 2.05) is 0 Å². The van der Waals surface area contributed by atoms with Gasteiger partial charge in [0.1, 0.15) is 5.75 Å². The zero-order chi connectivity index (χ0) is 13.8. The van der Waals surface area contributed by atoms with Crippen LogP contribution in [0.1, 0.15) is 18.4 Å². The Morgan fingerprint density at radius 2 is 2.26 bits per heavy atom. The summed E-state index contributed by atoms with van der Waals surface area (Å²) in [6.07, 6.45) is 2.12. The van der Waals surface area contributed by atoms with Crippen LogP contribution in [-0.2, 0) is 6.54 Å². The second-order valence-electron chi connectivity index (χ2n) is 4.63. The van der Waals surface area contributed by atoms with Crippen LogP contribution in [0.15, 0.2) is 18.2 Å². The van der Waals surface area contributed by atoms with Crippen molar-refractivity contribution < 1.29 is 13.5 Å². The van der Waals surface area contributed by atoms with Crippen LogP contribution in [0.5, 0.6) is 5.75 Å². The average Bonchev–Trinajstić information content (AvgIpc) is 2.79. The molecule has 1 unspecified atom stereocenters. The first-order chi connectivity index (χ1) is 9.10. The summed E-state index contributed by atoms with van der Waals surface area (Å²) in [4.78, 5) is 2.18. The smallest absolute Gasteiger partial charge is 0.387 e. The van der Waals surface area contributed by atoms with E-state index in [0.717, 1.165) is 19.4 Å². The highest BCUT2D eigenvalue weighted by molar-refractivity contribution is 6.30. The van der Waals surface area contributed by atoms with Crippen molar-refractivity contribution in [3.05, 3.63) is 28.8 Å². The largest absolute Gasteiger partial charge is 0.434 e. The molecule has 1 atom stereocenters. The van der Waals surface area contributed by atoms with E-state index in [2.05, 4.69) is 9.64 Å². The summed E-state index contributed by atoms with van der Waals surface area (Å²) in [5.41, 5.74) is 6.38. The molecule has 1 aromatic carbocycles. The summed E-state index contributed by atoms with van der Waals surface area (Å²) in [5.74, 6) is 0.182. The first-order valence-electron chi connectivity index (χ1n) is 6.27. The van der Waals surface area contributed by atoms with E-state index in [-0.39, 0.29) is 5.75 Å². The molecule has 0 amide bonds. The van der Waals surface area contributed by atoms with E-state index in [1.54, 1.807) is 12.1 Å². The lowest BCUT2D eigenvalue weighted by atomic mass is 10.1. The van der Waals surface area contributed by atoms with Gasteiger partial charge >= 0.3 is 6.61 Å². The fourth-order valence-electron chi connectivity index (χ4n) is 2.47. The minimum absolute atomic E-state index is 0.182. The number of halogens is 3. The number of nitrogens with two attached hydrogens (primary N) is 1. The van der Waals surface area contributed by atoms with Crippen LogP contribution in [0.4, 0.5) is 8.78 Å². The van der Waals surface area contributed by atoms with E-state index < -0.39 is 6.61 Å². The van der Waals surface area contributed by atoms with Crippen molar-refractivity contribution in [2.45, 2.75) is 32.0 Å². The molecule has 1 fully saturated rings. The Labute approximate surface area is 116 Å². The van der Waals surface area contributed by atoms with Gasteiger partial charge in [-0.1, -0.05) is 11.6 Å². The summed E-state index contributed by atoms with van der Waals surface area (Å²) in [6, 6.07) is 5.01. The zero-order valence-corrected chi connectivity index (χ0v) is 11.2. The van der Waals surface area contributed by atoms with Crippen LogP contribution in [-0.4, -0.2) is 30.6 Å².